The molecule has 0 saturated heterocycles. The van der Waals surface area contributed by atoms with Crippen molar-refractivity contribution < 1.29 is 9.53 Å². The number of hydrogen-bond donors (Lipinski definition) is 0. The lowest BCUT2D eigenvalue weighted by atomic mass is 9.94. The molecule has 0 saturated carbocycles. The van der Waals surface area contributed by atoms with Gasteiger partial charge in [0.1, 0.15) is 6.10 Å². The van der Waals surface area contributed by atoms with Gasteiger partial charge in [0.15, 0.2) is 0 Å². The van der Waals surface area contributed by atoms with E-state index in [2.05, 4.69) is 58.7 Å². The first-order chi connectivity index (χ1) is 13.8. The summed E-state index contributed by atoms with van der Waals surface area (Å²) in [6.45, 7) is 15.3. The van der Waals surface area contributed by atoms with E-state index >= 15 is 0 Å². The van der Waals surface area contributed by atoms with Crippen LogP contribution in [0.2, 0.25) is 0 Å². The van der Waals surface area contributed by atoms with Crippen LogP contribution in [-0.4, -0.2) is 17.7 Å². The van der Waals surface area contributed by atoms with Crippen LogP contribution < -0.4 is 0 Å². The van der Waals surface area contributed by atoms with Gasteiger partial charge in [-0.05, 0) is 57.3 Å². The molecule has 0 heterocycles. The van der Waals surface area contributed by atoms with Gasteiger partial charge in [0.25, 0.3) is 0 Å². The minimum atomic E-state index is -0.0446. The van der Waals surface area contributed by atoms with Crippen LogP contribution in [0.15, 0.2) is 24.0 Å². The van der Waals surface area contributed by atoms with Crippen LogP contribution in [0.4, 0.5) is 0 Å². The molecule has 2 nitrogen and oxygen atoms in total. The standard InChI is InChI=1S/C26H49O2P/c1-8-10-11-12-14-17-22(5)23(6)28-26(27)24(7)29-19-16-13-15-18-25(9-2)20-21(3)4/h15-16,18-19,21-25,29H,8-14,17,20H2,1-7H3/b18-15-,19-16-. The van der Waals surface area contributed by atoms with Crippen molar-refractivity contribution in [2.75, 3.05) is 0 Å². The number of hydrogen-bond acceptors (Lipinski definition) is 2. The first-order valence-electron chi connectivity index (χ1n) is 12.1. The molecular weight excluding hydrogens is 375 g/mol. The van der Waals surface area contributed by atoms with Crippen molar-refractivity contribution in [3.63, 3.8) is 0 Å². The fourth-order valence-electron chi connectivity index (χ4n) is 3.39. The Labute approximate surface area is 184 Å². The highest BCUT2D eigenvalue weighted by Gasteiger charge is 2.20. The van der Waals surface area contributed by atoms with Crippen LogP contribution in [-0.2, 0) is 9.53 Å². The highest BCUT2D eigenvalue weighted by atomic mass is 31.1. The number of carbonyl (C=O) groups excluding carboxylic acids is 1. The lowest BCUT2D eigenvalue weighted by molar-refractivity contribution is -0.149. The molecule has 5 atom stereocenters. The number of allylic oxidation sites excluding steroid dienone is 3. The predicted octanol–water partition coefficient (Wildman–Crippen LogP) is 8.51. The van der Waals surface area contributed by atoms with E-state index in [1.807, 2.05) is 13.8 Å². The van der Waals surface area contributed by atoms with Crippen molar-refractivity contribution in [3.05, 3.63) is 24.0 Å². The van der Waals surface area contributed by atoms with Crippen LogP contribution in [0.5, 0.6) is 0 Å². The topological polar surface area (TPSA) is 26.3 Å². The van der Waals surface area contributed by atoms with E-state index in [4.69, 9.17) is 4.74 Å². The molecule has 0 aromatic rings. The van der Waals surface area contributed by atoms with Gasteiger partial charge in [0.2, 0.25) is 0 Å². The molecule has 0 aromatic heterocycles. The molecule has 0 amide bonds. The van der Waals surface area contributed by atoms with Crippen molar-refractivity contribution in [1.29, 1.82) is 0 Å². The van der Waals surface area contributed by atoms with Crippen molar-refractivity contribution >= 4 is 14.6 Å². The minimum absolute atomic E-state index is 0.0137. The summed E-state index contributed by atoms with van der Waals surface area (Å²) in [7, 11) is 0.493. The number of rotatable bonds is 17. The van der Waals surface area contributed by atoms with Crippen LogP contribution in [0.1, 0.15) is 106 Å². The van der Waals surface area contributed by atoms with E-state index in [0.717, 1.165) is 18.8 Å². The zero-order valence-electron chi connectivity index (χ0n) is 20.4. The number of carbonyl (C=O) groups is 1. The number of ether oxygens (including phenoxy) is 1. The molecule has 0 fully saturated rings. The summed E-state index contributed by atoms with van der Waals surface area (Å²) >= 11 is 0. The Balaban J connectivity index is 4.09. The fraction of sp³-hybridized carbons (Fsp3) is 0.808. The van der Waals surface area contributed by atoms with Gasteiger partial charge < -0.3 is 4.74 Å². The second-order valence-corrected chi connectivity index (χ2v) is 10.6. The van der Waals surface area contributed by atoms with E-state index in [0.29, 0.717) is 20.4 Å². The summed E-state index contributed by atoms with van der Waals surface area (Å²) in [6, 6.07) is 0. The first kappa shape index (κ1) is 28.4. The fourth-order valence-corrected chi connectivity index (χ4v) is 4.16. The maximum Gasteiger partial charge on any atom is 0.313 e. The first-order valence-corrected chi connectivity index (χ1v) is 13.2. The Hall–Kier alpha value is -0.620. The Morgan fingerprint density at radius 3 is 2.28 bits per heavy atom. The van der Waals surface area contributed by atoms with Gasteiger partial charge in [-0.15, -0.1) is 0 Å². The summed E-state index contributed by atoms with van der Waals surface area (Å²) in [5, 5.41) is 0. The maximum absolute atomic E-state index is 12.4. The van der Waals surface area contributed by atoms with Gasteiger partial charge in [0.05, 0.1) is 5.66 Å². The molecule has 0 N–H and O–H groups in total. The quantitative estimate of drug-likeness (QED) is 0.101. The third-order valence-electron chi connectivity index (χ3n) is 5.66. The molecule has 0 rings (SSSR count). The van der Waals surface area contributed by atoms with Crippen LogP contribution in [0, 0.1) is 17.8 Å². The van der Waals surface area contributed by atoms with Gasteiger partial charge in [-0.25, -0.2) is 0 Å². The zero-order chi connectivity index (χ0) is 22.1. The van der Waals surface area contributed by atoms with E-state index < -0.39 is 0 Å². The molecular formula is C26H49O2P. The van der Waals surface area contributed by atoms with Gasteiger partial charge >= 0.3 is 5.97 Å². The average molecular weight is 425 g/mol. The van der Waals surface area contributed by atoms with Crippen LogP contribution in [0.3, 0.4) is 0 Å². The Morgan fingerprint density at radius 1 is 0.966 bits per heavy atom. The second kappa shape index (κ2) is 18.2. The largest absolute Gasteiger partial charge is 0.462 e. The molecule has 0 radical (unpaired) electrons. The molecule has 170 valence electrons. The average Bonchev–Trinajstić information content (AvgIpc) is 2.68. The van der Waals surface area contributed by atoms with Crippen molar-refractivity contribution in [2.24, 2.45) is 17.8 Å². The van der Waals surface area contributed by atoms with Gasteiger partial charge in [-0.2, -0.15) is 0 Å². The molecule has 0 spiro atoms. The monoisotopic (exact) mass is 424 g/mol. The minimum Gasteiger partial charge on any atom is -0.462 e. The van der Waals surface area contributed by atoms with Crippen LogP contribution >= 0.6 is 8.58 Å². The second-order valence-electron chi connectivity index (χ2n) is 9.07. The van der Waals surface area contributed by atoms with E-state index in [-0.39, 0.29) is 17.7 Å². The Kier molecular flexibility index (Phi) is 17.8. The third-order valence-corrected chi connectivity index (χ3v) is 6.83. The lowest BCUT2D eigenvalue weighted by Crippen LogP contribution is -2.26. The van der Waals surface area contributed by atoms with Gasteiger partial charge in [-0.3, -0.25) is 4.79 Å². The molecule has 0 bridgehead atoms. The summed E-state index contributed by atoms with van der Waals surface area (Å²) in [6.07, 6.45) is 17.9. The van der Waals surface area contributed by atoms with Gasteiger partial charge in [0, 0.05) is 0 Å². The van der Waals surface area contributed by atoms with Crippen LogP contribution in [0.25, 0.3) is 0 Å². The normalized spacial score (nSPS) is 16.8. The summed E-state index contributed by atoms with van der Waals surface area (Å²) in [5.74, 6) is 3.99. The van der Waals surface area contributed by atoms with Crippen molar-refractivity contribution in [2.45, 2.75) is 118 Å². The number of unbranched alkanes of at least 4 members (excludes halogenated alkanes) is 4. The molecule has 0 aliphatic heterocycles. The smallest absolute Gasteiger partial charge is 0.313 e. The van der Waals surface area contributed by atoms with E-state index in [9.17, 15) is 4.79 Å². The predicted molar refractivity (Wildman–Crippen MR) is 132 cm³/mol. The Morgan fingerprint density at radius 2 is 1.66 bits per heavy atom. The third kappa shape index (κ3) is 15.8. The van der Waals surface area contributed by atoms with Crippen molar-refractivity contribution in [3.8, 4) is 0 Å². The summed E-state index contributed by atoms with van der Waals surface area (Å²) in [4.78, 5) is 12.4. The molecule has 0 aliphatic rings. The zero-order valence-corrected chi connectivity index (χ0v) is 21.4. The number of esters is 1. The molecule has 0 aliphatic carbocycles. The summed E-state index contributed by atoms with van der Waals surface area (Å²) < 4.78 is 5.73. The molecule has 3 heteroatoms. The highest BCUT2D eigenvalue weighted by Crippen LogP contribution is 2.24. The molecule has 29 heavy (non-hydrogen) atoms. The lowest BCUT2D eigenvalue weighted by Gasteiger charge is -2.22. The highest BCUT2D eigenvalue weighted by molar-refractivity contribution is 7.43. The molecule has 0 aromatic carbocycles. The summed E-state index contributed by atoms with van der Waals surface area (Å²) in [5.41, 5.74) is -0.0428. The SMILES string of the molecule is CCCCCCCC(C)C(C)OC(=O)C(C)P/C=C\C/C=C\C(CC)CC(C)C. The van der Waals surface area contributed by atoms with Gasteiger partial charge in [-0.1, -0.05) is 99.3 Å². The molecule has 5 unspecified atom stereocenters. The maximum atomic E-state index is 12.4. The van der Waals surface area contributed by atoms with E-state index in [1.54, 1.807) is 0 Å². The van der Waals surface area contributed by atoms with Crippen molar-refractivity contribution in [1.82, 2.24) is 0 Å². The van der Waals surface area contributed by atoms with E-state index in [1.165, 1.54) is 44.9 Å². The Bertz CT molecular complexity index is 456.